The van der Waals surface area contributed by atoms with E-state index in [1.807, 2.05) is 24.3 Å². The normalized spacial score (nSPS) is 9.80. The summed E-state index contributed by atoms with van der Waals surface area (Å²) in [7, 11) is 0. The molecule has 0 aliphatic carbocycles. The first-order valence-electron chi connectivity index (χ1n) is 7.52. The zero-order chi connectivity index (χ0) is 17.6. The molecule has 0 saturated carbocycles. The van der Waals surface area contributed by atoms with Gasteiger partial charge < -0.3 is 9.84 Å². The number of hydrogen-bond donors (Lipinski definition) is 1. The van der Waals surface area contributed by atoms with Gasteiger partial charge in [0.05, 0.1) is 18.0 Å². The number of phenolic OH excluding ortho intramolecular Hbond substituents is 1. The highest BCUT2D eigenvalue weighted by molar-refractivity contribution is 5.91. The van der Waals surface area contributed by atoms with E-state index in [1.165, 1.54) is 36.7 Å². The van der Waals surface area contributed by atoms with Gasteiger partial charge in [-0.05, 0) is 55.5 Å². The first-order chi connectivity index (χ1) is 12.2. The summed E-state index contributed by atoms with van der Waals surface area (Å²) >= 11 is 0. The Morgan fingerprint density at radius 1 is 1.00 bits per heavy atom. The van der Waals surface area contributed by atoms with Crippen molar-refractivity contribution < 1.29 is 14.6 Å². The maximum atomic E-state index is 12.0. The SMILES string of the molecule is CC#Cc1ccc(-c2ncc(OC(=O)c3ccc(O)cc3)cn2)cc1. The molecule has 0 fully saturated rings. The van der Waals surface area contributed by atoms with Crippen LogP contribution in [0.25, 0.3) is 11.4 Å². The second kappa shape index (κ2) is 7.28. The molecule has 0 aliphatic rings. The quantitative estimate of drug-likeness (QED) is 0.588. The maximum absolute atomic E-state index is 12.0. The minimum Gasteiger partial charge on any atom is -0.508 e. The molecule has 1 heterocycles. The van der Waals surface area contributed by atoms with Gasteiger partial charge in [-0.2, -0.15) is 0 Å². The molecule has 25 heavy (non-hydrogen) atoms. The number of rotatable bonds is 3. The van der Waals surface area contributed by atoms with Gasteiger partial charge in [0.1, 0.15) is 5.75 Å². The van der Waals surface area contributed by atoms with Gasteiger partial charge in [-0.25, -0.2) is 14.8 Å². The second-order valence-electron chi connectivity index (χ2n) is 5.13. The molecule has 3 rings (SSSR count). The number of hydrogen-bond acceptors (Lipinski definition) is 5. The van der Waals surface area contributed by atoms with Crippen LogP contribution in [0.1, 0.15) is 22.8 Å². The van der Waals surface area contributed by atoms with Gasteiger partial charge in [0.15, 0.2) is 11.6 Å². The summed E-state index contributed by atoms with van der Waals surface area (Å²) in [6.45, 7) is 1.79. The fourth-order valence-electron chi connectivity index (χ4n) is 2.13. The average molecular weight is 330 g/mol. The molecule has 122 valence electrons. The third kappa shape index (κ3) is 4.01. The van der Waals surface area contributed by atoms with Gasteiger partial charge in [0.2, 0.25) is 0 Å². The van der Waals surface area contributed by atoms with E-state index in [2.05, 4.69) is 21.8 Å². The fraction of sp³-hybridized carbons (Fsp3) is 0.0500. The van der Waals surface area contributed by atoms with Crippen molar-refractivity contribution >= 4 is 5.97 Å². The molecular formula is C20H14N2O3. The maximum Gasteiger partial charge on any atom is 0.343 e. The van der Waals surface area contributed by atoms with Crippen LogP contribution < -0.4 is 4.74 Å². The molecule has 3 aromatic rings. The molecule has 0 atom stereocenters. The molecule has 5 heteroatoms. The number of esters is 1. The number of nitrogens with zero attached hydrogens (tertiary/aromatic N) is 2. The molecular weight excluding hydrogens is 316 g/mol. The minimum absolute atomic E-state index is 0.0835. The van der Waals surface area contributed by atoms with Crippen LogP contribution in [0.4, 0.5) is 0 Å². The predicted molar refractivity (Wildman–Crippen MR) is 93.1 cm³/mol. The summed E-state index contributed by atoms with van der Waals surface area (Å²) in [5.41, 5.74) is 2.10. The lowest BCUT2D eigenvalue weighted by atomic mass is 10.1. The van der Waals surface area contributed by atoms with Crippen molar-refractivity contribution in [3.05, 3.63) is 72.1 Å². The zero-order valence-electron chi connectivity index (χ0n) is 13.4. The summed E-state index contributed by atoms with van der Waals surface area (Å²) in [4.78, 5) is 20.4. The molecule has 1 N–H and O–H groups in total. The van der Waals surface area contributed by atoms with Crippen LogP contribution in [0.5, 0.6) is 11.5 Å². The van der Waals surface area contributed by atoms with E-state index in [0.717, 1.165) is 11.1 Å². The molecule has 0 amide bonds. The van der Waals surface area contributed by atoms with Crippen LogP contribution in [0, 0.1) is 11.8 Å². The Balaban J connectivity index is 1.72. The van der Waals surface area contributed by atoms with Crippen LogP contribution in [0.15, 0.2) is 60.9 Å². The number of carbonyl (C=O) groups is 1. The van der Waals surface area contributed by atoms with Crippen LogP contribution in [0.3, 0.4) is 0 Å². The molecule has 1 aromatic heterocycles. The molecule has 5 nitrogen and oxygen atoms in total. The lowest BCUT2D eigenvalue weighted by Gasteiger charge is -2.05. The van der Waals surface area contributed by atoms with E-state index in [9.17, 15) is 9.90 Å². The Hall–Kier alpha value is -3.65. The van der Waals surface area contributed by atoms with Crippen molar-refractivity contribution in [3.63, 3.8) is 0 Å². The molecule has 0 unspecified atom stereocenters. The summed E-state index contributed by atoms with van der Waals surface area (Å²) in [5, 5.41) is 9.23. The van der Waals surface area contributed by atoms with E-state index >= 15 is 0 Å². The predicted octanol–water partition coefficient (Wildman–Crippen LogP) is 3.44. The van der Waals surface area contributed by atoms with Crippen molar-refractivity contribution in [1.29, 1.82) is 0 Å². The fourth-order valence-corrected chi connectivity index (χ4v) is 2.13. The van der Waals surface area contributed by atoms with Crippen LogP contribution in [0.2, 0.25) is 0 Å². The summed E-state index contributed by atoms with van der Waals surface area (Å²) in [6.07, 6.45) is 2.89. The van der Waals surface area contributed by atoms with E-state index in [-0.39, 0.29) is 11.5 Å². The lowest BCUT2D eigenvalue weighted by Crippen LogP contribution is -2.08. The number of phenols is 1. The summed E-state index contributed by atoms with van der Waals surface area (Å²) in [6, 6.07) is 13.4. The van der Waals surface area contributed by atoms with E-state index in [0.29, 0.717) is 11.4 Å². The van der Waals surface area contributed by atoms with Gasteiger partial charge in [0, 0.05) is 11.1 Å². The molecule has 0 radical (unpaired) electrons. The van der Waals surface area contributed by atoms with Crippen molar-refractivity contribution in [2.45, 2.75) is 6.92 Å². The average Bonchev–Trinajstić information content (AvgIpc) is 2.64. The Morgan fingerprint density at radius 2 is 1.64 bits per heavy atom. The first kappa shape index (κ1) is 16.2. The van der Waals surface area contributed by atoms with Crippen molar-refractivity contribution in [2.24, 2.45) is 0 Å². The molecule has 0 aliphatic heterocycles. The highest BCUT2D eigenvalue weighted by Gasteiger charge is 2.10. The minimum atomic E-state index is -0.543. The first-order valence-corrected chi connectivity index (χ1v) is 7.52. The Morgan fingerprint density at radius 3 is 2.24 bits per heavy atom. The van der Waals surface area contributed by atoms with E-state index in [4.69, 9.17) is 4.74 Å². The molecule has 0 bridgehead atoms. The van der Waals surface area contributed by atoms with E-state index < -0.39 is 5.97 Å². The standard InChI is InChI=1S/C20H14N2O3/c1-2-3-14-4-6-15(7-5-14)19-21-12-18(13-22-19)25-20(24)16-8-10-17(23)11-9-16/h4-13,23H,1H3. The highest BCUT2D eigenvalue weighted by Crippen LogP contribution is 2.18. The summed E-state index contributed by atoms with van der Waals surface area (Å²) < 4.78 is 5.22. The van der Waals surface area contributed by atoms with Crippen LogP contribution >= 0.6 is 0 Å². The van der Waals surface area contributed by atoms with Gasteiger partial charge >= 0.3 is 5.97 Å². The Labute approximate surface area is 145 Å². The topological polar surface area (TPSA) is 72.3 Å². The highest BCUT2D eigenvalue weighted by atomic mass is 16.5. The van der Waals surface area contributed by atoms with Crippen molar-refractivity contribution in [3.8, 4) is 34.7 Å². The molecule has 2 aromatic carbocycles. The largest absolute Gasteiger partial charge is 0.508 e. The third-order valence-electron chi connectivity index (χ3n) is 3.35. The summed E-state index contributed by atoms with van der Waals surface area (Å²) in [5.74, 6) is 6.13. The smallest absolute Gasteiger partial charge is 0.343 e. The van der Waals surface area contributed by atoms with Gasteiger partial charge in [-0.15, -0.1) is 5.92 Å². The second-order valence-corrected chi connectivity index (χ2v) is 5.13. The van der Waals surface area contributed by atoms with Crippen LogP contribution in [-0.2, 0) is 0 Å². The van der Waals surface area contributed by atoms with Crippen molar-refractivity contribution in [1.82, 2.24) is 9.97 Å². The van der Waals surface area contributed by atoms with Crippen molar-refractivity contribution in [2.75, 3.05) is 0 Å². The number of aromatic nitrogens is 2. The Kier molecular flexibility index (Phi) is 4.72. The number of benzene rings is 2. The Bertz CT molecular complexity index is 935. The monoisotopic (exact) mass is 330 g/mol. The number of carbonyl (C=O) groups excluding carboxylic acids is 1. The van der Waals surface area contributed by atoms with Crippen LogP contribution in [-0.4, -0.2) is 21.0 Å². The van der Waals surface area contributed by atoms with Gasteiger partial charge in [-0.1, -0.05) is 5.92 Å². The number of aromatic hydroxyl groups is 1. The zero-order valence-corrected chi connectivity index (χ0v) is 13.4. The van der Waals surface area contributed by atoms with Gasteiger partial charge in [-0.3, -0.25) is 0 Å². The lowest BCUT2D eigenvalue weighted by molar-refractivity contribution is 0.0733. The third-order valence-corrected chi connectivity index (χ3v) is 3.35. The van der Waals surface area contributed by atoms with Gasteiger partial charge in [0.25, 0.3) is 0 Å². The number of ether oxygens (including phenoxy) is 1. The molecule has 0 saturated heterocycles. The van der Waals surface area contributed by atoms with E-state index in [1.54, 1.807) is 6.92 Å². The molecule has 0 spiro atoms.